The Labute approximate surface area is 119 Å². The largest absolute Gasteiger partial charge is 0.398 e. The molecule has 0 aliphatic carbocycles. The number of rotatable bonds is 5. The van der Waals surface area contributed by atoms with Crippen LogP contribution in [0, 0.1) is 10.1 Å². The summed E-state index contributed by atoms with van der Waals surface area (Å²) in [6.07, 6.45) is 1.56. The van der Waals surface area contributed by atoms with Crippen LogP contribution < -0.4 is 11.1 Å². The van der Waals surface area contributed by atoms with Gasteiger partial charge in [0.2, 0.25) is 0 Å². The molecule has 2 rings (SSSR count). The molecule has 1 amide bonds. The number of aryl methyl sites for hydroxylation is 1. The summed E-state index contributed by atoms with van der Waals surface area (Å²) in [5.74, 6) is 0.0942. The minimum atomic E-state index is -0.579. The predicted octanol–water partition coefficient (Wildman–Crippen LogP) is 0.718. The number of nitrogens with two attached hydrogens (primary N) is 1. The number of carbonyl (C=O) groups is 1. The average molecular weight is 290 g/mol. The van der Waals surface area contributed by atoms with Crippen LogP contribution in [-0.2, 0) is 13.1 Å². The van der Waals surface area contributed by atoms with Crippen LogP contribution in [0.4, 0.5) is 11.4 Å². The van der Waals surface area contributed by atoms with Crippen LogP contribution in [0.25, 0.3) is 0 Å². The zero-order chi connectivity index (χ0) is 15.4. The van der Waals surface area contributed by atoms with Crippen molar-refractivity contribution in [2.45, 2.75) is 20.0 Å². The van der Waals surface area contributed by atoms with E-state index in [9.17, 15) is 14.9 Å². The van der Waals surface area contributed by atoms with Crippen molar-refractivity contribution in [1.29, 1.82) is 0 Å². The van der Waals surface area contributed by atoms with Gasteiger partial charge in [0, 0.05) is 24.4 Å². The molecule has 1 aromatic heterocycles. The number of nitrogen functional groups attached to an aromatic ring is 1. The Morgan fingerprint density at radius 1 is 1.52 bits per heavy atom. The third-order valence-corrected chi connectivity index (χ3v) is 2.94. The van der Waals surface area contributed by atoms with E-state index < -0.39 is 10.8 Å². The minimum absolute atomic E-state index is 0.0618. The second-order valence-corrected chi connectivity index (χ2v) is 4.24. The molecule has 2 aromatic rings. The summed E-state index contributed by atoms with van der Waals surface area (Å²) < 4.78 is 1.77. The monoisotopic (exact) mass is 290 g/mol. The molecule has 0 fully saturated rings. The second kappa shape index (κ2) is 5.99. The highest BCUT2D eigenvalue weighted by molar-refractivity contribution is 5.99. The second-order valence-electron chi connectivity index (χ2n) is 4.24. The van der Waals surface area contributed by atoms with Crippen LogP contribution in [0.3, 0.4) is 0 Å². The van der Waals surface area contributed by atoms with Gasteiger partial charge in [0.1, 0.15) is 6.33 Å². The zero-order valence-electron chi connectivity index (χ0n) is 11.3. The fourth-order valence-corrected chi connectivity index (χ4v) is 1.79. The maximum absolute atomic E-state index is 12.1. The number of non-ortho nitro benzene ring substituents is 1. The standard InChI is InChI=1S/C12H14N6O3/c1-2-17-7-15-16-11(17)6-14-12(19)9-5-8(18(20)21)3-4-10(9)13/h3-5,7H,2,6,13H2,1H3,(H,14,19). The van der Waals surface area contributed by atoms with Gasteiger partial charge in [-0.2, -0.15) is 0 Å². The maximum atomic E-state index is 12.1. The lowest BCUT2D eigenvalue weighted by molar-refractivity contribution is -0.384. The van der Waals surface area contributed by atoms with Crippen molar-refractivity contribution in [2.24, 2.45) is 0 Å². The van der Waals surface area contributed by atoms with Crippen molar-refractivity contribution in [1.82, 2.24) is 20.1 Å². The van der Waals surface area contributed by atoms with Gasteiger partial charge in [-0.3, -0.25) is 14.9 Å². The van der Waals surface area contributed by atoms with E-state index in [-0.39, 0.29) is 23.5 Å². The number of aromatic nitrogens is 3. The van der Waals surface area contributed by atoms with Gasteiger partial charge in [0.25, 0.3) is 11.6 Å². The van der Waals surface area contributed by atoms with E-state index in [0.717, 1.165) is 6.07 Å². The summed E-state index contributed by atoms with van der Waals surface area (Å²) in [4.78, 5) is 22.2. The van der Waals surface area contributed by atoms with Crippen LogP contribution in [0.15, 0.2) is 24.5 Å². The number of amides is 1. The molecule has 21 heavy (non-hydrogen) atoms. The fraction of sp³-hybridized carbons (Fsp3) is 0.250. The molecular formula is C12H14N6O3. The van der Waals surface area contributed by atoms with Gasteiger partial charge in [0.05, 0.1) is 17.0 Å². The van der Waals surface area contributed by atoms with Crippen molar-refractivity contribution in [3.63, 3.8) is 0 Å². The Morgan fingerprint density at radius 3 is 2.95 bits per heavy atom. The van der Waals surface area contributed by atoms with Crippen LogP contribution in [0.5, 0.6) is 0 Å². The van der Waals surface area contributed by atoms with Gasteiger partial charge in [-0.1, -0.05) is 0 Å². The lowest BCUT2D eigenvalue weighted by Crippen LogP contribution is -2.25. The summed E-state index contributed by atoms with van der Waals surface area (Å²) in [5, 5.41) is 21.0. The first-order valence-corrected chi connectivity index (χ1v) is 6.21. The Balaban J connectivity index is 2.13. The molecule has 0 aliphatic heterocycles. The van der Waals surface area contributed by atoms with E-state index in [2.05, 4.69) is 15.5 Å². The number of benzene rings is 1. The van der Waals surface area contributed by atoms with Gasteiger partial charge in [-0.05, 0) is 13.0 Å². The Hall–Kier alpha value is -2.97. The molecule has 0 spiro atoms. The number of hydrogen-bond donors (Lipinski definition) is 2. The smallest absolute Gasteiger partial charge is 0.270 e. The molecule has 0 saturated heterocycles. The number of nitro groups is 1. The first-order valence-electron chi connectivity index (χ1n) is 6.21. The first-order chi connectivity index (χ1) is 10.0. The van der Waals surface area contributed by atoms with E-state index in [1.54, 1.807) is 10.9 Å². The molecule has 1 aromatic carbocycles. The normalized spacial score (nSPS) is 10.3. The van der Waals surface area contributed by atoms with E-state index in [0.29, 0.717) is 12.4 Å². The highest BCUT2D eigenvalue weighted by atomic mass is 16.6. The molecule has 0 atom stereocenters. The van der Waals surface area contributed by atoms with Crippen molar-refractivity contribution in [3.8, 4) is 0 Å². The number of nitrogens with zero attached hydrogens (tertiary/aromatic N) is 4. The highest BCUT2D eigenvalue weighted by Crippen LogP contribution is 2.19. The molecule has 0 saturated carbocycles. The molecule has 9 heteroatoms. The summed E-state index contributed by atoms with van der Waals surface area (Å²) >= 11 is 0. The first kappa shape index (κ1) is 14.4. The number of nitro benzene ring substituents is 1. The van der Waals surface area contributed by atoms with Gasteiger partial charge in [-0.15, -0.1) is 10.2 Å². The highest BCUT2D eigenvalue weighted by Gasteiger charge is 2.15. The average Bonchev–Trinajstić information content (AvgIpc) is 2.92. The van der Waals surface area contributed by atoms with E-state index >= 15 is 0 Å². The number of carbonyl (C=O) groups excluding carboxylic acids is 1. The quantitative estimate of drug-likeness (QED) is 0.474. The molecule has 9 nitrogen and oxygen atoms in total. The van der Waals surface area contributed by atoms with E-state index in [1.165, 1.54) is 12.1 Å². The van der Waals surface area contributed by atoms with Crippen molar-refractivity contribution in [3.05, 3.63) is 46.0 Å². The van der Waals surface area contributed by atoms with Gasteiger partial charge in [-0.25, -0.2) is 0 Å². The van der Waals surface area contributed by atoms with E-state index in [1.807, 2.05) is 6.92 Å². The third kappa shape index (κ3) is 3.14. The lowest BCUT2D eigenvalue weighted by atomic mass is 10.1. The van der Waals surface area contributed by atoms with Crippen molar-refractivity contribution < 1.29 is 9.72 Å². The summed E-state index contributed by atoms with van der Waals surface area (Å²) in [5.41, 5.74) is 5.73. The molecule has 3 N–H and O–H groups in total. The molecule has 0 aliphatic rings. The van der Waals surface area contributed by atoms with Crippen molar-refractivity contribution in [2.75, 3.05) is 5.73 Å². The lowest BCUT2D eigenvalue weighted by Gasteiger charge is -2.07. The molecular weight excluding hydrogens is 276 g/mol. The maximum Gasteiger partial charge on any atom is 0.270 e. The summed E-state index contributed by atoms with van der Waals surface area (Å²) in [6, 6.07) is 3.73. The zero-order valence-corrected chi connectivity index (χ0v) is 11.3. The Morgan fingerprint density at radius 2 is 2.29 bits per heavy atom. The minimum Gasteiger partial charge on any atom is -0.398 e. The fourth-order valence-electron chi connectivity index (χ4n) is 1.79. The summed E-state index contributed by atoms with van der Waals surface area (Å²) in [7, 11) is 0. The Bertz CT molecular complexity index is 681. The topological polar surface area (TPSA) is 129 Å². The van der Waals surface area contributed by atoms with Gasteiger partial charge >= 0.3 is 0 Å². The number of nitrogens with one attached hydrogen (secondary N) is 1. The summed E-state index contributed by atoms with van der Waals surface area (Å²) in [6.45, 7) is 2.76. The van der Waals surface area contributed by atoms with Crippen LogP contribution in [0.2, 0.25) is 0 Å². The molecule has 0 unspecified atom stereocenters. The molecule has 0 radical (unpaired) electrons. The van der Waals surface area contributed by atoms with Crippen molar-refractivity contribution >= 4 is 17.3 Å². The predicted molar refractivity (Wildman–Crippen MR) is 74.4 cm³/mol. The van der Waals surface area contributed by atoms with Gasteiger partial charge in [0.15, 0.2) is 5.82 Å². The van der Waals surface area contributed by atoms with Crippen LogP contribution in [-0.4, -0.2) is 25.6 Å². The van der Waals surface area contributed by atoms with E-state index in [4.69, 9.17) is 5.73 Å². The molecule has 0 bridgehead atoms. The SMILES string of the molecule is CCn1cnnc1CNC(=O)c1cc([N+](=O)[O-])ccc1N. The van der Waals surface area contributed by atoms with Gasteiger partial charge < -0.3 is 15.6 Å². The Kier molecular flexibility index (Phi) is 4.12. The van der Waals surface area contributed by atoms with Crippen LogP contribution >= 0.6 is 0 Å². The third-order valence-electron chi connectivity index (χ3n) is 2.94. The number of hydrogen-bond acceptors (Lipinski definition) is 6. The molecule has 1 heterocycles. The number of anilines is 1. The van der Waals surface area contributed by atoms with Crippen LogP contribution in [0.1, 0.15) is 23.1 Å². The molecule has 110 valence electrons.